The first kappa shape index (κ1) is 12.3. The normalized spacial score (nSPS) is 11.8. The topological polar surface area (TPSA) is 137 Å². The molecule has 16 heavy (non-hydrogen) atoms. The Balaban J connectivity index is 2.45. The van der Waals surface area contributed by atoms with Gasteiger partial charge in [-0.3, -0.25) is 5.32 Å². The molecule has 4 N–H and O–H groups in total. The summed E-state index contributed by atoms with van der Waals surface area (Å²) >= 11 is 0.859. The Kier molecular flexibility index (Phi) is 4.54. The van der Waals surface area contributed by atoms with Crippen LogP contribution >= 0.6 is 11.5 Å². The molecule has 0 unspecified atom stereocenters. The number of urea groups is 1. The molecule has 0 aliphatic rings. The molecule has 0 aliphatic carbocycles. The van der Waals surface area contributed by atoms with Crippen LogP contribution in [0.5, 0.6) is 0 Å². The summed E-state index contributed by atoms with van der Waals surface area (Å²) in [7, 11) is 0. The molecule has 0 bridgehead atoms. The second kappa shape index (κ2) is 5.92. The molecule has 88 valence electrons. The van der Waals surface area contributed by atoms with Gasteiger partial charge in [-0.2, -0.15) is 0 Å². The molecular formula is C6H9N5O4S. The molecule has 9 nitrogen and oxygen atoms in total. The summed E-state index contributed by atoms with van der Waals surface area (Å²) in [5, 5.41) is 28.5. The predicted octanol–water partition coefficient (Wildman–Crippen LogP) is -1.11. The Bertz CT molecular complexity index is 356. The van der Waals surface area contributed by atoms with Gasteiger partial charge in [0.15, 0.2) is 0 Å². The van der Waals surface area contributed by atoms with Gasteiger partial charge in [0, 0.05) is 24.6 Å². The summed E-state index contributed by atoms with van der Waals surface area (Å²) in [6, 6.07) is -1.88. The third-order valence-corrected chi connectivity index (χ3v) is 2.05. The molecule has 1 aromatic rings. The second-order valence-corrected chi connectivity index (χ2v) is 3.40. The smallest absolute Gasteiger partial charge is 0.326 e. The minimum atomic E-state index is -1.22. The van der Waals surface area contributed by atoms with E-state index in [0.717, 1.165) is 11.5 Å². The average Bonchev–Trinajstić information content (AvgIpc) is 2.69. The number of carboxylic acids is 1. The summed E-state index contributed by atoms with van der Waals surface area (Å²) in [6.45, 7) is -0.336. The quantitative estimate of drug-likeness (QED) is 0.517. The SMILES string of the molecule is O=C(Nc1nnns1)N[C@@H](CCO)C(=O)O. The number of rotatable bonds is 5. The third-order valence-electron chi connectivity index (χ3n) is 1.54. The van der Waals surface area contributed by atoms with Crippen molar-refractivity contribution >= 4 is 28.7 Å². The first-order valence-corrected chi connectivity index (χ1v) is 4.97. The third kappa shape index (κ3) is 3.74. The highest BCUT2D eigenvalue weighted by atomic mass is 32.1. The van der Waals surface area contributed by atoms with E-state index >= 15 is 0 Å². The molecule has 0 saturated heterocycles. The van der Waals surface area contributed by atoms with E-state index in [9.17, 15) is 9.59 Å². The summed E-state index contributed by atoms with van der Waals surface area (Å²) in [4.78, 5) is 21.9. The molecular weight excluding hydrogens is 238 g/mol. The first-order valence-electron chi connectivity index (χ1n) is 4.19. The molecule has 1 atom stereocenters. The fraction of sp³-hybridized carbons (Fsp3) is 0.500. The molecule has 10 heteroatoms. The number of aliphatic carboxylic acids is 1. The van der Waals surface area contributed by atoms with E-state index in [0.29, 0.717) is 0 Å². The molecule has 1 heterocycles. The van der Waals surface area contributed by atoms with E-state index in [-0.39, 0.29) is 18.2 Å². The van der Waals surface area contributed by atoms with Crippen LogP contribution in [0.4, 0.5) is 9.93 Å². The Morgan fingerprint density at radius 2 is 2.25 bits per heavy atom. The van der Waals surface area contributed by atoms with Gasteiger partial charge in [-0.25, -0.2) is 9.59 Å². The largest absolute Gasteiger partial charge is 0.480 e. The Morgan fingerprint density at radius 3 is 2.75 bits per heavy atom. The average molecular weight is 247 g/mol. The number of hydrogen-bond donors (Lipinski definition) is 4. The van der Waals surface area contributed by atoms with Crippen molar-refractivity contribution < 1.29 is 19.8 Å². The Morgan fingerprint density at radius 1 is 1.50 bits per heavy atom. The molecule has 0 aromatic carbocycles. The number of carbonyl (C=O) groups is 2. The summed E-state index contributed by atoms with van der Waals surface area (Å²) in [5.74, 6) is -1.22. The van der Waals surface area contributed by atoms with Gasteiger partial charge in [0.1, 0.15) is 6.04 Å². The molecule has 0 spiro atoms. The van der Waals surface area contributed by atoms with Crippen molar-refractivity contribution in [1.82, 2.24) is 20.1 Å². The van der Waals surface area contributed by atoms with E-state index in [1.54, 1.807) is 0 Å². The van der Waals surface area contributed by atoms with Crippen molar-refractivity contribution in [2.45, 2.75) is 12.5 Å². The highest BCUT2D eigenvalue weighted by molar-refractivity contribution is 7.09. The maximum absolute atomic E-state index is 11.2. The van der Waals surface area contributed by atoms with Crippen LogP contribution in [0.25, 0.3) is 0 Å². The molecule has 1 aromatic heterocycles. The van der Waals surface area contributed by atoms with Crippen molar-refractivity contribution in [1.29, 1.82) is 0 Å². The lowest BCUT2D eigenvalue weighted by Gasteiger charge is -2.12. The number of aromatic nitrogens is 3. The summed E-state index contributed by atoms with van der Waals surface area (Å²) in [6.07, 6.45) is -0.0723. The number of nitrogens with zero attached hydrogens (tertiary/aromatic N) is 3. The van der Waals surface area contributed by atoms with Crippen LogP contribution in [0.2, 0.25) is 0 Å². The number of carbonyl (C=O) groups excluding carboxylic acids is 1. The molecule has 0 saturated carbocycles. The number of aliphatic hydroxyl groups excluding tert-OH is 1. The summed E-state index contributed by atoms with van der Waals surface area (Å²) in [5.41, 5.74) is 0. The van der Waals surface area contributed by atoms with Gasteiger partial charge in [0.05, 0.1) is 0 Å². The second-order valence-electron chi connectivity index (χ2n) is 2.67. The van der Waals surface area contributed by atoms with Gasteiger partial charge in [0.2, 0.25) is 5.13 Å². The zero-order valence-electron chi connectivity index (χ0n) is 7.95. The molecule has 2 amide bonds. The number of aliphatic hydroxyl groups is 1. The number of nitrogens with one attached hydrogen (secondary N) is 2. The highest BCUT2D eigenvalue weighted by Crippen LogP contribution is 2.04. The van der Waals surface area contributed by atoms with Gasteiger partial charge >= 0.3 is 12.0 Å². The van der Waals surface area contributed by atoms with Crippen molar-refractivity contribution in [2.24, 2.45) is 0 Å². The van der Waals surface area contributed by atoms with Gasteiger partial charge in [-0.15, -0.1) is 0 Å². The van der Waals surface area contributed by atoms with Crippen molar-refractivity contribution in [3.63, 3.8) is 0 Å². The van der Waals surface area contributed by atoms with Crippen LogP contribution in [0.1, 0.15) is 6.42 Å². The molecule has 0 fully saturated rings. The zero-order chi connectivity index (χ0) is 12.0. The van der Waals surface area contributed by atoms with Gasteiger partial charge in [-0.1, -0.05) is 9.59 Å². The fourth-order valence-electron chi connectivity index (χ4n) is 0.860. The van der Waals surface area contributed by atoms with Crippen molar-refractivity contribution in [3.8, 4) is 0 Å². The number of hydrogen-bond acceptors (Lipinski definition) is 7. The van der Waals surface area contributed by atoms with Crippen LogP contribution in [0.3, 0.4) is 0 Å². The number of amides is 2. The maximum atomic E-state index is 11.2. The van der Waals surface area contributed by atoms with E-state index in [4.69, 9.17) is 10.2 Å². The molecule has 0 radical (unpaired) electrons. The Labute approximate surface area is 93.6 Å². The number of carboxylic acid groups (broad SMARTS) is 1. The number of anilines is 1. The summed E-state index contributed by atoms with van der Waals surface area (Å²) < 4.78 is 3.41. The van der Waals surface area contributed by atoms with E-state index in [2.05, 4.69) is 25.4 Å². The molecule has 0 aliphatic heterocycles. The lowest BCUT2D eigenvalue weighted by molar-refractivity contribution is -0.139. The van der Waals surface area contributed by atoms with Gasteiger partial charge in [-0.05, 0) is 5.21 Å². The maximum Gasteiger partial charge on any atom is 0.326 e. The van der Waals surface area contributed by atoms with Crippen LogP contribution in [0.15, 0.2) is 0 Å². The lowest BCUT2D eigenvalue weighted by atomic mass is 10.2. The van der Waals surface area contributed by atoms with Gasteiger partial charge in [0.25, 0.3) is 0 Å². The van der Waals surface area contributed by atoms with Crippen LogP contribution < -0.4 is 10.6 Å². The zero-order valence-corrected chi connectivity index (χ0v) is 8.77. The van der Waals surface area contributed by atoms with Crippen LogP contribution in [-0.2, 0) is 4.79 Å². The minimum Gasteiger partial charge on any atom is -0.480 e. The van der Waals surface area contributed by atoms with Crippen molar-refractivity contribution in [3.05, 3.63) is 0 Å². The monoisotopic (exact) mass is 247 g/mol. The van der Waals surface area contributed by atoms with E-state index in [1.165, 1.54) is 0 Å². The van der Waals surface area contributed by atoms with Crippen LogP contribution in [0, 0.1) is 0 Å². The Hall–Kier alpha value is -1.81. The standard InChI is InChI=1S/C6H9N5O4S/c12-2-1-3(4(13)14)7-5(15)8-6-9-10-11-16-6/h3,12H,1-2H2,(H,13,14)(H2,7,8,9,11,15)/t3-/m0/s1. The van der Waals surface area contributed by atoms with E-state index < -0.39 is 18.0 Å². The highest BCUT2D eigenvalue weighted by Gasteiger charge is 2.19. The molecule has 1 rings (SSSR count). The fourth-order valence-corrected chi connectivity index (χ4v) is 1.22. The minimum absolute atomic E-state index is 0.0723. The predicted molar refractivity (Wildman–Crippen MR) is 53.0 cm³/mol. The van der Waals surface area contributed by atoms with E-state index in [1.807, 2.05) is 0 Å². The lowest BCUT2D eigenvalue weighted by Crippen LogP contribution is -2.43. The van der Waals surface area contributed by atoms with Crippen LogP contribution in [-0.4, -0.2) is 49.7 Å². The first-order chi connectivity index (χ1) is 7.63. The van der Waals surface area contributed by atoms with Gasteiger partial charge < -0.3 is 15.5 Å². The van der Waals surface area contributed by atoms with Crippen molar-refractivity contribution in [2.75, 3.05) is 11.9 Å².